The first-order valence-corrected chi connectivity index (χ1v) is 18.4. The van der Waals surface area contributed by atoms with Crippen molar-refractivity contribution in [2.24, 2.45) is 0 Å². The molecule has 1 heterocycles. The highest BCUT2D eigenvalue weighted by molar-refractivity contribution is 6.31. The maximum atomic E-state index is 14.1. The van der Waals surface area contributed by atoms with Crippen molar-refractivity contribution < 1.29 is 38.7 Å². The van der Waals surface area contributed by atoms with Crippen LogP contribution in [-0.2, 0) is 55.8 Å². The number of amides is 1. The largest absolute Gasteiger partial charge is 0.494 e. The summed E-state index contributed by atoms with van der Waals surface area (Å²) in [5, 5.41) is 27.4. The first-order chi connectivity index (χ1) is 26.3. The number of aliphatic hydroxyl groups is 2. The van der Waals surface area contributed by atoms with E-state index in [0.717, 1.165) is 28.0 Å². The average molecular weight is 752 g/mol. The lowest BCUT2D eigenvalue weighted by atomic mass is 9.79. The summed E-state index contributed by atoms with van der Waals surface area (Å²) < 4.78 is 32.2. The van der Waals surface area contributed by atoms with E-state index in [1.165, 1.54) is 7.05 Å². The van der Waals surface area contributed by atoms with Gasteiger partial charge in [-0.15, -0.1) is 0 Å². The van der Waals surface area contributed by atoms with Crippen LogP contribution in [0.1, 0.15) is 40.3 Å². The molecule has 10 heteroatoms. The molecular formula is C44H46ClNO8. The van der Waals surface area contributed by atoms with Crippen molar-refractivity contribution >= 4 is 17.5 Å². The minimum atomic E-state index is -2.36. The van der Waals surface area contributed by atoms with Crippen molar-refractivity contribution in [2.75, 3.05) is 20.3 Å². The molecule has 0 bridgehead atoms. The second-order valence-corrected chi connectivity index (χ2v) is 13.6. The van der Waals surface area contributed by atoms with Crippen LogP contribution in [0.15, 0.2) is 133 Å². The van der Waals surface area contributed by atoms with Crippen molar-refractivity contribution in [2.45, 2.75) is 62.9 Å². The van der Waals surface area contributed by atoms with E-state index in [0.29, 0.717) is 23.6 Å². The molecule has 54 heavy (non-hydrogen) atoms. The van der Waals surface area contributed by atoms with Crippen LogP contribution in [0.4, 0.5) is 0 Å². The Hall–Kier alpha value is -4.58. The Morgan fingerprint density at radius 1 is 0.741 bits per heavy atom. The van der Waals surface area contributed by atoms with Crippen LogP contribution in [0, 0.1) is 0 Å². The molecule has 5 atom stereocenters. The van der Waals surface area contributed by atoms with Gasteiger partial charge >= 0.3 is 0 Å². The summed E-state index contributed by atoms with van der Waals surface area (Å²) in [6, 6.07) is 41.2. The van der Waals surface area contributed by atoms with Crippen molar-refractivity contribution in [1.82, 2.24) is 5.32 Å². The minimum Gasteiger partial charge on any atom is -0.494 e. The van der Waals surface area contributed by atoms with Crippen molar-refractivity contribution in [3.05, 3.63) is 172 Å². The molecule has 1 aliphatic rings. The number of halogens is 1. The lowest BCUT2D eigenvalue weighted by molar-refractivity contribution is -0.397. The second kappa shape index (κ2) is 18.2. The fourth-order valence-electron chi connectivity index (χ4n) is 6.77. The molecule has 1 fully saturated rings. The van der Waals surface area contributed by atoms with Gasteiger partial charge in [-0.2, -0.15) is 0 Å². The van der Waals surface area contributed by atoms with Crippen molar-refractivity contribution in [1.29, 1.82) is 0 Å². The van der Waals surface area contributed by atoms with Crippen LogP contribution in [0.25, 0.3) is 0 Å². The summed E-state index contributed by atoms with van der Waals surface area (Å²) in [6.07, 6.45) is -3.29. The molecule has 5 aromatic rings. The standard InChI is InChI=1S/C44H46ClNO8/c1-3-50-37-22-19-31(20-23-37)25-35-26-36(21-24-38(35)45)44(49)41(53-29-34-17-11-6-12-18-34)39(51-27-32-13-7-4-8-14-32)40(43(30-47,54-44)42(48)46-2)52-28-33-15-9-5-10-16-33/h4-24,26,39-41,47,49H,3,25,27-30H2,1-2H3,(H,46,48)/t39?,40-,41+,43+,44-/m0/s1. The number of carbonyl (C=O) groups is 1. The molecule has 0 aromatic heterocycles. The number of aliphatic hydroxyl groups excluding tert-OH is 1. The van der Waals surface area contributed by atoms with Crippen LogP contribution in [0.2, 0.25) is 5.02 Å². The van der Waals surface area contributed by atoms with Gasteiger partial charge in [0.25, 0.3) is 5.91 Å². The molecule has 1 unspecified atom stereocenters. The van der Waals surface area contributed by atoms with E-state index in [2.05, 4.69) is 5.32 Å². The zero-order valence-corrected chi connectivity index (χ0v) is 31.2. The third kappa shape index (κ3) is 8.86. The highest BCUT2D eigenvalue weighted by Gasteiger charge is 2.66. The summed E-state index contributed by atoms with van der Waals surface area (Å²) in [5.74, 6) is -2.32. The van der Waals surface area contributed by atoms with Gasteiger partial charge in [0.1, 0.15) is 24.1 Å². The Morgan fingerprint density at radius 2 is 1.28 bits per heavy atom. The molecule has 0 spiro atoms. The number of ether oxygens (including phenoxy) is 5. The van der Waals surface area contributed by atoms with Gasteiger partial charge in [0.15, 0.2) is 0 Å². The first-order valence-electron chi connectivity index (χ1n) is 18.0. The van der Waals surface area contributed by atoms with Crippen LogP contribution in [0.5, 0.6) is 5.75 Å². The average Bonchev–Trinajstić information content (AvgIpc) is 3.21. The van der Waals surface area contributed by atoms with Gasteiger partial charge in [-0.3, -0.25) is 4.79 Å². The summed E-state index contributed by atoms with van der Waals surface area (Å²) in [4.78, 5) is 14.1. The monoisotopic (exact) mass is 751 g/mol. The number of hydrogen-bond acceptors (Lipinski definition) is 8. The van der Waals surface area contributed by atoms with Gasteiger partial charge in [-0.05, 0) is 65.4 Å². The van der Waals surface area contributed by atoms with E-state index >= 15 is 0 Å². The molecule has 0 radical (unpaired) electrons. The van der Waals surface area contributed by atoms with Gasteiger partial charge < -0.3 is 39.2 Å². The molecule has 6 rings (SSSR count). The first kappa shape index (κ1) is 39.1. The zero-order chi connectivity index (χ0) is 38.0. The molecule has 5 aromatic carbocycles. The van der Waals surface area contributed by atoms with E-state index in [-0.39, 0.29) is 25.4 Å². The van der Waals surface area contributed by atoms with Crippen LogP contribution in [0.3, 0.4) is 0 Å². The summed E-state index contributed by atoms with van der Waals surface area (Å²) in [7, 11) is 1.44. The third-order valence-corrected chi connectivity index (χ3v) is 9.91. The number of likely N-dealkylation sites (N-methyl/N-ethyl adjacent to an activating group) is 1. The molecule has 1 amide bonds. The van der Waals surface area contributed by atoms with E-state index in [1.807, 2.05) is 122 Å². The molecule has 1 aliphatic heterocycles. The maximum Gasteiger partial charge on any atom is 0.257 e. The lowest BCUT2D eigenvalue weighted by Crippen LogP contribution is -2.75. The molecule has 3 N–H and O–H groups in total. The fraction of sp³-hybridized carbons (Fsp3) is 0.295. The quantitative estimate of drug-likeness (QED) is 0.102. The Bertz CT molecular complexity index is 1930. The van der Waals surface area contributed by atoms with Gasteiger partial charge in [-0.25, -0.2) is 0 Å². The highest BCUT2D eigenvalue weighted by Crippen LogP contribution is 2.46. The minimum absolute atomic E-state index is 0.0514. The van der Waals surface area contributed by atoms with Crippen LogP contribution >= 0.6 is 11.6 Å². The number of benzene rings is 5. The summed E-state index contributed by atoms with van der Waals surface area (Å²) >= 11 is 6.79. The Kier molecular flexibility index (Phi) is 13.2. The molecular weight excluding hydrogens is 706 g/mol. The predicted molar refractivity (Wildman–Crippen MR) is 206 cm³/mol. The maximum absolute atomic E-state index is 14.1. The highest BCUT2D eigenvalue weighted by atomic mass is 35.5. The van der Waals surface area contributed by atoms with Gasteiger partial charge in [0.2, 0.25) is 11.4 Å². The summed E-state index contributed by atoms with van der Waals surface area (Å²) in [5.41, 5.74) is 2.25. The Labute approximate surface area is 321 Å². The second-order valence-electron chi connectivity index (χ2n) is 13.2. The molecule has 0 saturated carbocycles. The lowest BCUT2D eigenvalue weighted by Gasteiger charge is -2.54. The van der Waals surface area contributed by atoms with Crippen molar-refractivity contribution in [3.63, 3.8) is 0 Å². The molecule has 9 nitrogen and oxygen atoms in total. The van der Waals surface area contributed by atoms with Gasteiger partial charge in [-0.1, -0.05) is 121 Å². The van der Waals surface area contributed by atoms with E-state index in [1.54, 1.807) is 18.2 Å². The van der Waals surface area contributed by atoms with Gasteiger partial charge in [0.05, 0.1) is 33.0 Å². The predicted octanol–water partition coefficient (Wildman–Crippen LogP) is 6.74. The van der Waals surface area contributed by atoms with E-state index in [9.17, 15) is 15.0 Å². The smallest absolute Gasteiger partial charge is 0.257 e. The SMILES string of the molecule is CCOc1ccc(Cc2cc([C@]3(O)O[C@@](CO)(C(=O)NC)[C@@H](OCc4ccccc4)C(OCc4ccccc4)[C@H]3OCc3ccccc3)ccc2Cl)cc1. The summed E-state index contributed by atoms with van der Waals surface area (Å²) in [6.45, 7) is 1.83. The number of rotatable bonds is 16. The fourth-order valence-corrected chi connectivity index (χ4v) is 6.95. The van der Waals surface area contributed by atoms with E-state index < -0.39 is 42.2 Å². The Morgan fingerprint density at radius 3 is 1.80 bits per heavy atom. The molecule has 1 saturated heterocycles. The normalized spacial score (nSPS) is 22.4. The van der Waals surface area contributed by atoms with Crippen LogP contribution in [-0.4, -0.2) is 60.3 Å². The number of nitrogens with one attached hydrogen (secondary N) is 1. The van der Waals surface area contributed by atoms with Crippen molar-refractivity contribution in [3.8, 4) is 5.75 Å². The number of hydrogen-bond donors (Lipinski definition) is 3. The number of carbonyl (C=O) groups excluding carboxylic acids is 1. The third-order valence-electron chi connectivity index (χ3n) is 9.54. The van der Waals surface area contributed by atoms with E-state index in [4.69, 9.17) is 35.3 Å². The Balaban J connectivity index is 1.47. The van der Waals surface area contributed by atoms with Crippen LogP contribution < -0.4 is 10.1 Å². The van der Waals surface area contributed by atoms with Gasteiger partial charge in [0, 0.05) is 17.6 Å². The topological polar surface area (TPSA) is 116 Å². The molecule has 0 aliphatic carbocycles. The zero-order valence-electron chi connectivity index (χ0n) is 30.4. The molecule has 282 valence electrons.